The molecule has 0 atom stereocenters. The van der Waals surface area contributed by atoms with Crippen LogP contribution in [-0.2, 0) is 24.4 Å². The number of likely N-dealkylation sites (tertiary alicyclic amines) is 1. The van der Waals surface area contributed by atoms with Gasteiger partial charge < -0.3 is 14.0 Å². The number of halogens is 3. The molecule has 5 rings (SSSR count). The summed E-state index contributed by atoms with van der Waals surface area (Å²) in [6.07, 6.45) is 1.88. The number of hydrogen-bond donors (Lipinski definition) is 0. The van der Waals surface area contributed by atoms with Gasteiger partial charge in [0.1, 0.15) is 29.6 Å². The molecule has 0 saturated carbocycles. The molecule has 9 heteroatoms. The highest BCUT2D eigenvalue weighted by Gasteiger charge is 2.24. The number of hydrogen-bond acceptors (Lipinski definition) is 5. The van der Waals surface area contributed by atoms with Crippen molar-refractivity contribution >= 4 is 22.6 Å². The summed E-state index contributed by atoms with van der Waals surface area (Å²) in [4.78, 5) is 11.8. The van der Waals surface area contributed by atoms with E-state index in [9.17, 15) is 8.78 Å². The van der Waals surface area contributed by atoms with Crippen LogP contribution in [0.3, 0.4) is 0 Å². The van der Waals surface area contributed by atoms with E-state index in [0.717, 1.165) is 37.4 Å². The predicted octanol–water partition coefficient (Wildman–Crippen LogP) is 5.97. The molecule has 6 nitrogen and oxygen atoms in total. The van der Waals surface area contributed by atoms with Crippen LogP contribution in [0, 0.1) is 11.6 Å². The molecular formula is C28H29ClF2N4O2. The van der Waals surface area contributed by atoms with Gasteiger partial charge in [-0.3, -0.25) is 4.90 Å². The molecule has 0 bridgehead atoms. The minimum absolute atomic E-state index is 0.0859. The maximum Gasteiger partial charge on any atom is 0.213 e. The number of para-hydroxylation sites is 1. The normalized spacial score (nSPS) is 14.9. The maximum atomic E-state index is 14.6. The van der Waals surface area contributed by atoms with Gasteiger partial charge in [0.05, 0.1) is 18.7 Å². The van der Waals surface area contributed by atoms with E-state index in [1.165, 1.54) is 12.1 Å². The average Bonchev–Trinajstić information content (AvgIpc) is 3.25. The molecule has 1 saturated heterocycles. The summed E-state index contributed by atoms with van der Waals surface area (Å²) >= 11 is 5.83. The van der Waals surface area contributed by atoms with Gasteiger partial charge in [-0.1, -0.05) is 29.8 Å². The molecule has 3 heterocycles. The van der Waals surface area contributed by atoms with Crippen LogP contribution in [0.25, 0.3) is 11.0 Å². The molecule has 0 spiro atoms. The number of fused-ring (bicyclic) bond motifs is 1. The van der Waals surface area contributed by atoms with Gasteiger partial charge in [0.25, 0.3) is 0 Å². The number of imidazole rings is 1. The van der Waals surface area contributed by atoms with Gasteiger partial charge in [-0.2, -0.15) is 0 Å². The zero-order valence-corrected chi connectivity index (χ0v) is 21.4. The molecule has 0 aliphatic carbocycles. The fraction of sp³-hybridized carbons (Fsp3) is 0.357. The predicted molar refractivity (Wildman–Crippen MR) is 139 cm³/mol. The fourth-order valence-electron chi connectivity index (χ4n) is 4.85. The number of piperidine rings is 1. The highest BCUT2D eigenvalue weighted by atomic mass is 35.5. The van der Waals surface area contributed by atoms with Crippen molar-refractivity contribution in [3.05, 3.63) is 88.3 Å². The minimum atomic E-state index is -0.394. The third-order valence-electron chi connectivity index (χ3n) is 6.82. The molecule has 194 valence electrons. The van der Waals surface area contributed by atoms with Crippen molar-refractivity contribution in [3.8, 4) is 5.88 Å². The van der Waals surface area contributed by atoms with Crippen LogP contribution in [0.1, 0.15) is 35.8 Å². The summed E-state index contributed by atoms with van der Waals surface area (Å²) in [5.41, 5.74) is 2.61. The number of benzene rings is 2. The topological polar surface area (TPSA) is 52.4 Å². The van der Waals surface area contributed by atoms with Crippen LogP contribution in [0.15, 0.2) is 54.6 Å². The van der Waals surface area contributed by atoms with Crippen molar-refractivity contribution in [3.63, 3.8) is 0 Å². The first-order chi connectivity index (χ1) is 18.0. The number of pyridine rings is 1. The van der Waals surface area contributed by atoms with Gasteiger partial charge >= 0.3 is 0 Å². The van der Waals surface area contributed by atoms with Gasteiger partial charge in [-0.05, 0) is 56.3 Å². The Bertz CT molecular complexity index is 1370. The van der Waals surface area contributed by atoms with Crippen molar-refractivity contribution in [1.82, 2.24) is 19.4 Å². The van der Waals surface area contributed by atoms with Crippen molar-refractivity contribution < 1.29 is 18.3 Å². The lowest BCUT2D eigenvalue weighted by molar-refractivity contribution is 0.178. The SMILES string of the molecule is COCCn1c(CN2CCC(c3cccc(OCc4ccc(Cl)cc4F)n3)CC2)nc2cccc(F)c21. The highest BCUT2D eigenvalue weighted by Crippen LogP contribution is 2.29. The Morgan fingerprint density at radius 3 is 2.59 bits per heavy atom. The molecule has 0 unspecified atom stereocenters. The minimum Gasteiger partial charge on any atom is -0.473 e. The lowest BCUT2D eigenvalue weighted by Gasteiger charge is -2.31. The van der Waals surface area contributed by atoms with Crippen LogP contribution < -0.4 is 4.74 Å². The monoisotopic (exact) mass is 526 g/mol. The number of nitrogens with zero attached hydrogens (tertiary/aromatic N) is 4. The van der Waals surface area contributed by atoms with Crippen molar-refractivity contribution in [1.29, 1.82) is 0 Å². The van der Waals surface area contributed by atoms with E-state index < -0.39 is 5.82 Å². The molecule has 0 N–H and O–H groups in total. The third kappa shape index (κ3) is 5.92. The average molecular weight is 527 g/mol. The molecule has 2 aromatic carbocycles. The summed E-state index contributed by atoms with van der Waals surface area (Å²) in [6, 6.07) is 15.3. The first-order valence-electron chi connectivity index (χ1n) is 12.4. The van der Waals surface area contributed by atoms with Crippen LogP contribution in [0.2, 0.25) is 5.02 Å². The summed E-state index contributed by atoms with van der Waals surface area (Å²) in [5, 5.41) is 0.354. The smallest absolute Gasteiger partial charge is 0.213 e. The van der Waals surface area contributed by atoms with Gasteiger partial charge in [0.15, 0.2) is 0 Å². The first-order valence-corrected chi connectivity index (χ1v) is 12.8. The molecule has 4 aromatic rings. The highest BCUT2D eigenvalue weighted by molar-refractivity contribution is 6.30. The van der Waals surface area contributed by atoms with Crippen LogP contribution in [0.5, 0.6) is 5.88 Å². The van der Waals surface area contributed by atoms with Crippen molar-refractivity contribution in [2.45, 2.75) is 38.5 Å². The van der Waals surface area contributed by atoms with E-state index in [-0.39, 0.29) is 12.4 Å². The van der Waals surface area contributed by atoms with Gasteiger partial charge in [-0.25, -0.2) is 18.7 Å². The lowest BCUT2D eigenvalue weighted by atomic mass is 9.93. The second kappa shape index (κ2) is 11.5. The van der Waals surface area contributed by atoms with Crippen molar-refractivity contribution in [2.24, 2.45) is 0 Å². The van der Waals surface area contributed by atoms with E-state index in [0.29, 0.717) is 53.1 Å². The number of methoxy groups -OCH3 is 1. The molecular weight excluding hydrogens is 498 g/mol. The Morgan fingerprint density at radius 1 is 1.00 bits per heavy atom. The second-order valence-electron chi connectivity index (χ2n) is 9.26. The van der Waals surface area contributed by atoms with Gasteiger partial charge in [-0.15, -0.1) is 0 Å². The Hall–Kier alpha value is -3.07. The standard InChI is InChI=1S/C28H29ClF2N4O2/c1-36-15-14-35-26(32-25-6-2-4-22(30)28(25)35)17-34-12-10-19(11-13-34)24-5-3-7-27(33-24)37-18-20-8-9-21(29)16-23(20)31/h2-9,16,19H,10-15,17-18H2,1H3. The fourth-order valence-corrected chi connectivity index (χ4v) is 5.01. The lowest BCUT2D eigenvalue weighted by Crippen LogP contribution is -2.33. The summed E-state index contributed by atoms with van der Waals surface area (Å²) in [5.74, 6) is 0.964. The molecule has 0 amide bonds. The van der Waals surface area contributed by atoms with Crippen LogP contribution >= 0.6 is 11.6 Å². The number of aromatic nitrogens is 3. The van der Waals surface area contributed by atoms with Gasteiger partial charge in [0.2, 0.25) is 5.88 Å². The molecule has 1 fully saturated rings. The summed E-state index contributed by atoms with van der Waals surface area (Å²) in [7, 11) is 1.64. The Kier molecular flexibility index (Phi) is 7.98. The Morgan fingerprint density at radius 2 is 1.81 bits per heavy atom. The molecule has 1 aliphatic rings. The largest absolute Gasteiger partial charge is 0.473 e. The van der Waals surface area contributed by atoms with E-state index >= 15 is 0 Å². The quantitative estimate of drug-likeness (QED) is 0.269. The Labute approximate surface area is 219 Å². The molecule has 0 radical (unpaired) electrons. The first kappa shape index (κ1) is 25.6. The van der Waals surface area contributed by atoms with E-state index in [4.69, 9.17) is 31.0 Å². The summed E-state index contributed by atoms with van der Waals surface area (Å²) in [6.45, 7) is 3.53. The molecule has 2 aromatic heterocycles. The van der Waals surface area contributed by atoms with E-state index in [1.54, 1.807) is 31.4 Å². The zero-order valence-electron chi connectivity index (χ0n) is 20.7. The van der Waals surface area contributed by atoms with Gasteiger partial charge in [0, 0.05) is 41.9 Å². The second-order valence-corrected chi connectivity index (χ2v) is 9.69. The number of rotatable bonds is 9. The zero-order chi connectivity index (χ0) is 25.8. The number of ether oxygens (including phenoxy) is 2. The third-order valence-corrected chi connectivity index (χ3v) is 7.06. The molecule has 1 aliphatic heterocycles. The van der Waals surface area contributed by atoms with E-state index in [1.807, 2.05) is 22.8 Å². The van der Waals surface area contributed by atoms with Crippen LogP contribution in [-0.4, -0.2) is 46.2 Å². The van der Waals surface area contributed by atoms with Crippen molar-refractivity contribution in [2.75, 3.05) is 26.8 Å². The summed E-state index contributed by atoms with van der Waals surface area (Å²) < 4.78 is 41.6. The maximum absolute atomic E-state index is 14.6. The molecule has 37 heavy (non-hydrogen) atoms. The van der Waals surface area contributed by atoms with E-state index in [2.05, 4.69) is 4.90 Å². The van der Waals surface area contributed by atoms with Crippen LogP contribution in [0.4, 0.5) is 8.78 Å². The Balaban J connectivity index is 1.21.